The minimum atomic E-state index is -0.420. The van der Waals surface area contributed by atoms with Gasteiger partial charge in [0.25, 0.3) is 5.69 Å². The van der Waals surface area contributed by atoms with E-state index < -0.39 is 4.92 Å². The van der Waals surface area contributed by atoms with Gasteiger partial charge in [0, 0.05) is 37.7 Å². The van der Waals surface area contributed by atoms with Gasteiger partial charge in [0.2, 0.25) is 0 Å². The molecule has 2 heterocycles. The number of amides is 1. The van der Waals surface area contributed by atoms with E-state index in [4.69, 9.17) is 4.74 Å². The molecule has 1 aliphatic heterocycles. The number of carbonyl (C=O) groups excluding carboxylic acids is 1. The highest BCUT2D eigenvalue weighted by atomic mass is 16.6. The first-order valence-electron chi connectivity index (χ1n) is 9.28. The SMILES string of the molecule is Cn1c(-c2cccc([N+](=O)[O-])c2)nc2c1CN(C(=O)OCc1ccccc1)CC2. The lowest BCUT2D eigenvalue weighted by molar-refractivity contribution is -0.384. The van der Waals surface area contributed by atoms with E-state index in [2.05, 4.69) is 4.98 Å². The molecule has 4 rings (SSSR count). The van der Waals surface area contributed by atoms with Gasteiger partial charge in [-0.2, -0.15) is 0 Å². The molecule has 3 aromatic rings. The maximum absolute atomic E-state index is 12.5. The molecule has 0 aliphatic carbocycles. The van der Waals surface area contributed by atoms with Crippen molar-refractivity contribution in [1.29, 1.82) is 0 Å². The summed E-state index contributed by atoms with van der Waals surface area (Å²) in [5.41, 5.74) is 3.45. The minimum Gasteiger partial charge on any atom is -0.445 e. The van der Waals surface area contributed by atoms with E-state index in [0.717, 1.165) is 17.0 Å². The zero-order valence-electron chi connectivity index (χ0n) is 15.9. The topological polar surface area (TPSA) is 90.5 Å². The van der Waals surface area contributed by atoms with Crippen LogP contribution in [0, 0.1) is 10.1 Å². The minimum absolute atomic E-state index is 0.0228. The fraction of sp³-hybridized carbons (Fsp3) is 0.238. The Morgan fingerprint density at radius 2 is 2.00 bits per heavy atom. The number of carbonyl (C=O) groups is 1. The Morgan fingerprint density at radius 3 is 2.76 bits per heavy atom. The van der Waals surface area contributed by atoms with Crippen LogP contribution in [-0.4, -0.2) is 32.0 Å². The zero-order valence-corrected chi connectivity index (χ0v) is 15.9. The largest absolute Gasteiger partial charge is 0.445 e. The molecule has 29 heavy (non-hydrogen) atoms. The van der Waals surface area contributed by atoms with Gasteiger partial charge in [-0.25, -0.2) is 9.78 Å². The number of nitro groups is 1. The number of rotatable bonds is 4. The molecule has 0 bridgehead atoms. The number of imidazole rings is 1. The number of nitrogens with zero attached hydrogens (tertiary/aromatic N) is 4. The third kappa shape index (κ3) is 3.82. The predicted molar refractivity (Wildman–Crippen MR) is 106 cm³/mol. The van der Waals surface area contributed by atoms with Crippen molar-refractivity contribution in [1.82, 2.24) is 14.5 Å². The molecule has 8 heteroatoms. The Kier molecular flexibility index (Phi) is 4.99. The van der Waals surface area contributed by atoms with E-state index in [-0.39, 0.29) is 18.4 Å². The van der Waals surface area contributed by atoms with Crippen molar-refractivity contribution in [2.24, 2.45) is 7.05 Å². The number of ether oxygens (including phenoxy) is 1. The number of fused-ring (bicyclic) bond motifs is 1. The summed E-state index contributed by atoms with van der Waals surface area (Å²) in [6.45, 7) is 1.14. The predicted octanol–water partition coefficient (Wildman–Crippen LogP) is 3.69. The fourth-order valence-corrected chi connectivity index (χ4v) is 3.47. The molecule has 0 fully saturated rings. The molecular formula is C21H20N4O4. The highest BCUT2D eigenvalue weighted by molar-refractivity contribution is 5.68. The molecule has 1 aromatic heterocycles. The monoisotopic (exact) mass is 392 g/mol. The fourth-order valence-electron chi connectivity index (χ4n) is 3.47. The molecule has 1 amide bonds. The van der Waals surface area contributed by atoms with E-state index in [9.17, 15) is 14.9 Å². The van der Waals surface area contributed by atoms with Gasteiger partial charge in [0.15, 0.2) is 0 Å². The van der Waals surface area contributed by atoms with Crippen molar-refractivity contribution in [3.63, 3.8) is 0 Å². The Balaban J connectivity index is 1.50. The van der Waals surface area contributed by atoms with Crippen molar-refractivity contribution in [3.05, 3.63) is 81.7 Å². The van der Waals surface area contributed by atoms with Crippen molar-refractivity contribution < 1.29 is 14.5 Å². The van der Waals surface area contributed by atoms with Gasteiger partial charge in [-0.05, 0) is 5.56 Å². The van der Waals surface area contributed by atoms with Crippen molar-refractivity contribution in [2.45, 2.75) is 19.6 Å². The van der Waals surface area contributed by atoms with Gasteiger partial charge in [0.1, 0.15) is 12.4 Å². The van der Waals surface area contributed by atoms with Crippen LogP contribution in [0.4, 0.5) is 10.5 Å². The zero-order chi connectivity index (χ0) is 20.4. The average molecular weight is 392 g/mol. The number of nitro benzene ring substituents is 1. The van der Waals surface area contributed by atoms with Gasteiger partial charge in [0.05, 0.1) is 22.9 Å². The van der Waals surface area contributed by atoms with Crippen molar-refractivity contribution >= 4 is 11.8 Å². The summed E-state index contributed by atoms with van der Waals surface area (Å²) in [5, 5.41) is 11.1. The number of aromatic nitrogens is 2. The lowest BCUT2D eigenvalue weighted by Crippen LogP contribution is -2.37. The number of non-ortho nitro benzene ring substituents is 1. The van der Waals surface area contributed by atoms with Crippen LogP contribution in [-0.2, 0) is 31.4 Å². The van der Waals surface area contributed by atoms with Gasteiger partial charge >= 0.3 is 6.09 Å². The molecule has 148 valence electrons. The molecule has 0 N–H and O–H groups in total. The highest BCUT2D eigenvalue weighted by Crippen LogP contribution is 2.28. The molecular weight excluding hydrogens is 372 g/mol. The molecule has 0 radical (unpaired) electrons. The van der Waals surface area contributed by atoms with Gasteiger partial charge in [-0.3, -0.25) is 10.1 Å². The van der Waals surface area contributed by atoms with Crippen LogP contribution in [0.5, 0.6) is 0 Å². The van der Waals surface area contributed by atoms with Crippen LogP contribution in [0.3, 0.4) is 0 Å². The summed E-state index contributed by atoms with van der Waals surface area (Å²) in [7, 11) is 1.86. The van der Waals surface area contributed by atoms with Crippen LogP contribution in [0.25, 0.3) is 11.4 Å². The standard InChI is InChI=1S/C21H20N4O4/c1-23-19-13-24(21(26)29-14-15-6-3-2-4-7-15)11-10-18(19)22-20(23)16-8-5-9-17(12-16)25(27)28/h2-9,12H,10-11,13-14H2,1H3. The van der Waals surface area contributed by atoms with E-state index in [0.29, 0.717) is 30.9 Å². The summed E-state index contributed by atoms with van der Waals surface area (Å²) in [6.07, 6.45) is 0.246. The quantitative estimate of drug-likeness (QED) is 0.499. The first-order chi connectivity index (χ1) is 14.0. The first-order valence-corrected chi connectivity index (χ1v) is 9.28. The van der Waals surface area contributed by atoms with Crippen LogP contribution >= 0.6 is 0 Å². The Bertz CT molecular complexity index is 1060. The van der Waals surface area contributed by atoms with Crippen LogP contribution < -0.4 is 0 Å². The van der Waals surface area contributed by atoms with Crippen LogP contribution in [0.1, 0.15) is 17.0 Å². The molecule has 0 saturated heterocycles. The van der Waals surface area contributed by atoms with E-state index >= 15 is 0 Å². The van der Waals surface area contributed by atoms with Gasteiger partial charge < -0.3 is 14.2 Å². The Hall–Kier alpha value is -3.68. The third-order valence-electron chi connectivity index (χ3n) is 5.03. The van der Waals surface area contributed by atoms with Crippen LogP contribution in [0.2, 0.25) is 0 Å². The maximum atomic E-state index is 12.5. The molecule has 0 saturated carbocycles. The van der Waals surface area contributed by atoms with Gasteiger partial charge in [-0.1, -0.05) is 42.5 Å². The first kappa shape index (κ1) is 18.7. The molecule has 0 atom stereocenters. The second-order valence-electron chi connectivity index (χ2n) is 6.91. The summed E-state index contributed by atoms with van der Waals surface area (Å²) >= 11 is 0. The molecule has 8 nitrogen and oxygen atoms in total. The highest BCUT2D eigenvalue weighted by Gasteiger charge is 2.27. The van der Waals surface area contributed by atoms with E-state index in [1.54, 1.807) is 17.0 Å². The normalized spacial score (nSPS) is 13.1. The second-order valence-corrected chi connectivity index (χ2v) is 6.91. The number of hydrogen-bond acceptors (Lipinski definition) is 5. The Labute approximate surface area is 167 Å². The third-order valence-corrected chi connectivity index (χ3v) is 5.03. The second kappa shape index (κ2) is 7.75. The molecule has 0 spiro atoms. The van der Waals surface area contributed by atoms with Crippen molar-refractivity contribution in [2.75, 3.05) is 6.54 Å². The van der Waals surface area contributed by atoms with Crippen LogP contribution in [0.15, 0.2) is 54.6 Å². The smallest absolute Gasteiger partial charge is 0.410 e. The summed E-state index contributed by atoms with van der Waals surface area (Å²) < 4.78 is 7.33. The summed E-state index contributed by atoms with van der Waals surface area (Å²) in [5.74, 6) is 0.651. The number of hydrogen-bond donors (Lipinski definition) is 0. The van der Waals surface area contributed by atoms with E-state index in [1.807, 2.05) is 41.9 Å². The molecule has 2 aromatic carbocycles. The molecule has 1 aliphatic rings. The lowest BCUT2D eigenvalue weighted by Gasteiger charge is -2.26. The average Bonchev–Trinajstić information content (AvgIpc) is 3.09. The van der Waals surface area contributed by atoms with E-state index in [1.165, 1.54) is 12.1 Å². The Morgan fingerprint density at radius 1 is 1.21 bits per heavy atom. The van der Waals surface area contributed by atoms with Crippen molar-refractivity contribution in [3.8, 4) is 11.4 Å². The summed E-state index contributed by atoms with van der Waals surface area (Å²) in [6, 6.07) is 16.0. The lowest BCUT2D eigenvalue weighted by atomic mass is 10.1. The number of benzene rings is 2. The summed E-state index contributed by atoms with van der Waals surface area (Å²) in [4.78, 5) is 29.5. The van der Waals surface area contributed by atoms with Gasteiger partial charge in [-0.15, -0.1) is 0 Å². The maximum Gasteiger partial charge on any atom is 0.410 e. The molecule has 0 unspecified atom stereocenters.